The Morgan fingerprint density at radius 2 is 2.04 bits per heavy atom. The topological polar surface area (TPSA) is 66.6 Å². The van der Waals surface area contributed by atoms with Crippen molar-refractivity contribution in [2.24, 2.45) is 4.99 Å². The quantitative estimate of drug-likeness (QED) is 0.342. The first-order valence-corrected chi connectivity index (χ1v) is 8.11. The molecule has 2 N–H and O–H groups in total. The zero-order valence-electron chi connectivity index (χ0n) is 13.8. The highest BCUT2D eigenvalue weighted by Gasteiger charge is 2.05. The predicted molar refractivity (Wildman–Crippen MR) is 112 cm³/mol. The molecule has 0 spiro atoms. The van der Waals surface area contributed by atoms with Crippen molar-refractivity contribution in [1.29, 1.82) is 0 Å². The molecule has 0 aliphatic rings. The summed E-state index contributed by atoms with van der Waals surface area (Å²) in [5.74, 6) is 1.56. The molecule has 8 heteroatoms. The van der Waals surface area contributed by atoms with Crippen molar-refractivity contribution in [2.45, 2.75) is 13.0 Å². The second kappa shape index (κ2) is 9.57. The van der Waals surface area contributed by atoms with Gasteiger partial charge in [0.2, 0.25) is 0 Å². The van der Waals surface area contributed by atoms with Gasteiger partial charge in [-0.25, -0.2) is 0 Å². The van der Waals surface area contributed by atoms with E-state index in [9.17, 15) is 0 Å². The number of nitrogens with zero attached hydrogens (tertiary/aromatic N) is 4. The number of aromatic nitrogens is 3. The predicted octanol–water partition coefficient (Wildman–Crippen LogP) is 2.91. The van der Waals surface area contributed by atoms with E-state index in [-0.39, 0.29) is 24.0 Å². The molecule has 0 bridgehead atoms. The van der Waals surface area contributed by atoms with Crippen LogP contribution in [0.3, 0.4) is 0 Å². The van der Waals surface area contributed by atoms with E-state index in [1.165, 1.54) is 5.56 Å². The standard InChI is InChI=1S/C17H19ClN6.HI/c1-19-17(20-9-8-13-5-4-6-14(18)11-13)21-12-16-23-22-15-7-2-3-10-24(15)16;/h2-7,10-11H,8-9,12H2,1H3,(H2,19,20,21);1H. The lowest BCUT2D eigenvalue weighted by Gasteiger charge is -2.11. The van der Waals surface area contributed by atoms with E-state index in [0.717, 1.165) is 35.4 Å². The minimum Gasteiger partial charge on any atom is -0.356 e. The lowest BCUT2D eigenvalue weighted by atomic mass is 10.1. The van der Waals surface area contributed by atoms with Gasteiger partial charge in [-0.05, 0) is 36.2 Å². The molecule has 2 heterocycles. The van der Waals surface area contributed by atoms with Crippen LogP contribution in [0.1, 0.15) is 11.4 Å². The number of fused-ring (bicyclic) bond motifs is 1. The third kappa shape index (κ3) is 5.30. The number of nitrogens with one attached hydrogen (secondary N) is 2. The maximum absolute atomic E-state index is 6.00. The van der Waals surface area contributed by atoms with Crippen molar-refractivity contribution in [2.75, 3.05) is 13.6 Å². The van der Waals surface area contributed by atoms with Gasteiger partial charge in [-0.3, -0.25) is 9.39 Å². The van der Waals surface area contributed by atoms with Crippen LogP contribution < -0.4 is 10.6 Å². The van der Waals surface area contributed by atoms with Crippen molar-refractivity contribution in [1.82, 2.24) is 25.2 Å². The maximum atomic E-state index is 6.00. The Bertz CT molecular complexity index is 848. The van der Waals surface area contributed by atoms with E-state index < -0.39 is 0 Å². The number of rotatable bonds is 5. The summed E-state index contributed by atoms with van der Waals surface area (Å²) in [6.07, 6.45) is 2.82. The molecule has 3 aromatic rings. The molecule has 0 saturated carbocycles. The van der Waals surface area contributed by atoms with Crippen LogP contribution in [0.4, 0.5) is 0 Å². The molecule has 0 fully saturated rings. The van der Waals surface area contributed by atoms with Gasteiger partial charge >= 0.3 is 0 Å². The first-order chi connectivity index (χ1) is 11.8. The van der Waals surface area contributed by atoms with Gasteiger partial charge < -0.3 is 10.6 Å². The van der Waals surface area contributed by atoms with E-state index in [1.54, 1.807) is 7.05 Å². The highest BCUT2D eigenvalue weighted by molar-refractivity contribution is 14.0. The number of pyridine rings is 1. The third-order valence-corrected chi connectivity index (χ3v) is 3.85. The molecule has 0 atom stereocenters. The van der Waals surface area contributed by atoms with Gasteiger partial charge in [0, 0.05) is 24.8 Å². The normalized spacial score (nSPS) is 11.2. The molecule has 132 valence electrons. The van der Waals surface area contributed by atoms with Gasteiger partial charge in [0.1, 0.15) is 0 Å². The number of guanidine groups is 1. The molecule has 2 aromatic heterocycles. The van der Waals surface area contributed by atoms with Crippen LogP contribution in [0.25, 0.3) is 5.65 Å². The summed E-state index contributed by atoms with van der Waals surface area (Å²) in [5.41, 5.74) is 2.02. The first kappa shape index (κ1) is 19.5. The van der Waals surface area contributed by atoms with Gasteiger partial charge in [0.15, 0.2) is 17.4 Å². The average molecular weight is 471 g/mol. The smallest absolute Gasteiger partial charge is 0.191 e. The Balaban J connectivity index is 0.00000225. The Morgan fingerprint density at radius 1 is 1.16 bits per heavy atom. The fourth-order valence-electron chi connectivity index (χ4n) is 2.41. The molecule has 0 radical (unpaired) electrons. The molecule has 0 aliphatic carbocycles. The van der Waals surface area contributed by atoms with E-state index in [4.69, 9.17) is 11.6 Å². The summed E-state index contributed by atoms with van der Waals surface area (Å²) in [4.78, 5) is 4.23. The summed E-state index contributed by atoms with van der Waals surface area (Å²) < 4.78 is 1.95. The Kier molecular flexibility index (Phi) is 7.45. The number of hydrogen-bond donors (Lipinski definition) is 2. The molecule has 0 unspecified atom stereocenters. The zero-order chi connectivity index (χ0) is 16.8. The van der Waals surface area contributed by atoms with Crippen LogP contribution in [0, 0.1) is 0 Å². The highest BCUT2D eigenvalue weighted by atomic mass is 127. The molecular weight excluding hydrogens is 451 g/mol. The lowest BCUT2D eigenvalue weighted by Crippen LogP contribution is -2.38. The number of benzene rings is 1. The lowest BCUT2D eigenvalue weighted by molar-refractivity contribution is 0.757. The molecular formula is C17H20ClIN6. The van der Waals surface area contributed by atoms with Gasteiger partial charge in [-0.2, -0.15) is 0 Å². The SMILES string of the molecule is CN=C(NCCc1cccc(Cl)c1)NCc1nnc2ccccn12.I. The molecule has 3 rings (SSSR count). The molecule has 0 aliphatic heterocycles. The Hall–Kier alpha value is -1.87. The molecule has 6 nitrogen and oxygen atoms in total. The molecule has 25 heavy (non-hydrogen) atoms. The highest BCUT2D eigenvalue weighted by Crippen LogP contribution is 2.10. The average Bonchev–Trinajstić information content (AvgIpc) is 3.01. The number of hydrogen-bond acceptors (Lipinski definition) is 3. The van der Waals surface area contributed by atoms with Crippen LogP contribution in [0.15, 0.2) is 53.7 Å². The van der Waals surface area contributed by atoms with Crippen molar-refractivity contribution in [3.05, 3.63) is 65.1 Å². The minimum absolute atomic E-state index is 0. The monoisotopic (exact) mass is 470 g/mol. The van der Waals surface area contributed by atoms with Crippen LogP contribution in [0.5, 0.6) is 0 Å². The van der Waals surface area contributed by atoms with Crippen LogP contribution in [-0.2, 0) is 13.0 Å². The van der Waals surface area contributed by atoms with Crippen molar-refractivity contribution < 1.29 is 0 Å². The van der Waals surface area contributed by atoms with E-state index >= 15 is 0 Å². The Morgan fingerprint density at radius 3 is 2.84 bits per heavy atom. The first-order valence-electron chi connectivity index (χ1n) is 7.74. The van der Waals surface area contributed by atoms with Crippen LogP contribution in [-0.4, -0.2) is 34.2 Å². The fraction of sp³-hybridized carbons (Fsp3) is 0.235. The van der Waals surface area contributed by atoms with Gasteiger partial charge in [0.25, 0.3) is 0 Å². The zero-order valence-corrected chi connectivity index (χ0v) is 16.9. The second-order valence-electron chi connectivity index (χ2n) is 5.28. The van der Waals surface area contributed by atoms with Crippen molar-refractivity contribution in [3.8, 4) is 0 Å². The fourth-order valence-corrected chi connectivity index (χ4v) is 2.63. The van der Waals surface area contributed by atoms with Gasteiger partial charge in [-0.1, -0.05) is 29.8 Å². The molecule has 1 aromatic carbocycles. The summed E-state index contributed by atoms with van der Waals surface area (Å²) >= 11 is 6.00. The molecule has 0 amide bonds. The number of halogens is 2. The Labute approximate surface area is 168 Å². The van der Waals surface area contributed by atoms with Crippen LogP contribution >= 0.6 is 35.6 Å². The summed E-state index contributed by atoms with van der Waals surface area (Å²) in [5, 5.41) is 15.6. The summed E-state index contributed by atoms with van der Waals surface area (Å²) in [7, 11) is 1.75. The number of aliphatic imine (C=N–C) groups is 1. The van der Waals surface area contributed by atoms with Crippen LogP contribution in [0.2, 0.25) is 5.02 Å². The summed E-state index contributed by atoms with van der Waals surface area (Å²) in [6, 6.07) is 13.7. The van der Waals surface area contributed by atoms with E-state index in [1.807, 2.05) is 47.0 Å². The largest absolute Gasteiger partial charge is 0.356 e. The van der Waals surface area contributed by atoms with Crippen molar-refractivity contribution >= 4 is 47.2 Å². The second-order valence-corrected chi connectivity index (χ2v) is 5.71. The summed E-state index contributed by atoms with van der Waals surface area (Å²) in [6.45, 7) is 1.31. The van der Waals surface area contributed by atoms with Gasteiger partial charge in [0.05, 0.1) is 6.54 Å². The third-order valence-electron chi connectivity index (χ3n) is 3.62. The maximum Gasteiger partial charge on any atom is 0.191 e. The molecule has 0 saturated heterocycles. The van der Waals surface area contributed by atoms with E-state index in [0.29, 0.717) is 6.54 Å². The van der Waals surface area contributed by atoms with E-state index in [2.05, 4.69) is 31.9 Å². The minimum atomic E-state index is 0. The van der Waals surface area contributed by atoms with Gasteiger partial charge in [-0.15, -0.1) is 34.2 Å². The van der Waals surface area contributed by atoms with Crippen molar-refractivity contribution in [3.63, 3.8) is 0 Å².